The summed E-state index contributed by atoms with van der Waals surface area (Å²) in [7, 11) is 1.75. The minimum Gasteiger partial charge on any atom is -0.492 e. The average molecular weight is 524 g/mol. The number of likely N-dealkylation sites (N-methyl/N-ethyl adjacent to an activating group) is 1. The third kappa shape index (κ3) is 7.85. The van der Waals surface area contributed by atoms with Gasteiger partial charge < -0.3 is 9.64 Å². The molecule has 3 aromatic rings. The average Bonchev–Trinajstić information content (AvgIpc) is 2.97. The van der Waals surface area contributed by atoms with Crippen molar-refractivity contribution >= 4 is 5.91 Å². The molecule has 206 valence electrons. The molecule has 0 bridgehead atoms. The lowest BCUT2D eigenvalue weighted by atomic mass is 9.75. The Kier molecular flexibility index (Phi) is 10.4. The molecule has 1 aliphatic carbocycles. The fraction of sp³-hybridized carbons (Fsp3) is 0.417. The largest absolute Gasteiger partial charge is 0.492 e. The molecule has 1 aliphatic rings. The molecule has 3 nitrogen and oxygen atoms in total. The molecule has 0 radical (unpaired) electrons. The third-order valence-corrected chi connectivity index (χ3v) is 8.38. The zero-order valence-corrected chi connectivity index (χ0v) is 24.1. The fourth-order valence-electron chi connectivity index (χ4n) is 5.86. The number of carbonyl (C=O) groups is 1. The summed E-state index contributed by atoms with van der Waals surface area (Å²) in [5.74, 6) is 2.08. The Bertz CT molecular complexity index is 1200. The summed E-state index contributed by atoms with van der Waals surface area (Å²) in [5.41, 5.74) is 8.31. The lowest BCUT2D eigenvalue weighted by Crippen LogP contribution is -2.29. The van der Waals surface area contributed by atoms with Gasteiger partial charge in [-0.05, 0) is 109 Å². The molecule has 3 heteroatoms. The van der Waals surface area contributed by atoms with E-state index in [9.17, 15) is 4.79 Å². The summed E-state index contributed by atoms with van der Waals surface area (Å²) >= 11 is 0. The van der Waals surface area contributed by atoms with Gasteiger partial charge in [-0.3, -0.25) is 4.79 Å². The van der Waals surface area contributed by atoms with Crippen molar-refractivity contribution in [3.8, 4) is 16.9 Å². The van der Waals surface area contributed by atoms with Crippen LogP contribution in [0, 0.1) is 6.92 Å². The number of unbranched alkanes of at least 4 members (excludes halogenated alkanes) is 2. The van der Waals surface area contributed by atoms with Gasteiger partial charge in [-0.1, -0.05) is 80.9 Å². The first kappa shape index (κ1) is 28.7. The Labute approximate surface area is 235 Å². The number of benzene rings is 3. The van der Waals surface area contributed by atoms with E-state index in [1.165, 1.54) is 90.8 Å². The van der Waals surface area contributed by atoms with Crippen molar-refractivity contribution < 1.29 is 9.53 Å². The number of nitrogens with zero attached hydrogens (tertiary/aromatic N) is 1. The Morgan fingerprint density at radius 3 is 2.18 bits per heavy atom. The van der Waals surface area contributed by atoms with Crippen LogP contribution in [-0.4, -0.2) is 31.0 Å². The summed E-state index contributed by atoms with van der Waals surface area (Å²) in [6, 6.07) is 24.8. The van der Waals surface area contributed by atoms with E-state index in [-0.39, 0.29) is 5.91 Å². The standard InChI is InChI=1S/C36H45NO2/c1-5-7-8-9-28-10-12-29(13-11-28)30-14-16-31(17-15-30)33-20-23-35(27(3)26-33)32-18-21-34(22-19-32)39-25-24-37(4)36(38)6-2/h6,10-13,18-23,26,30-31H,2,5,7-9,14-17,24-25H2,1,3-4H3. The summed E-state index contributed by atoms with van der Waals surface area (Å²) in [5, 5.41) is 0. The second kappa shape index (κ2) is 14.2. The number of amides is 1. The van der Waals surface area contributed by atoms with Crippen molar-refractivity contribution in [3.63, 3.8) is 0 Å². The van der Waals surface area contributed by atoms with Crippen LogP contribution in [0.1, 0.15) is 86.0 Å². The van der Waals surface area contributed by atoms with Gasteiger partial charge in [0, 0.05) is 7.05 Å². The molecular formula is C36H45NO2. The van der Waals surface area contributed by atoms with Gasteiger partial charge in [0.15, 0.2) is 0 Å². The van der Waals surface area contributed by atoms with Crippen molar-refractivity contribution in [1.82, 2.24) is 4.90 Å². The van der Waals surface area contributed by atoms with Crippen LogP contribution in [-0.2, 0) is 11.2 Å². The van der Waals surface area contributed by atoms with Crippen molar-refractivity contribution in [2.24, 2.45) is 0 Å². The van der Waals surface area contributed by atoms with Crippen LogP contribution in [0.4, 0.5) is 0 Å². The van der Waals surface area contributed by atoms with Crippen LogP contribution in [0.15, 0.2) is 79.4 Å². The van der Waals surface area contributed by atoms with Crippen molar-refractivity contribution in [1.29, 1.82) is 0 Å². The molecule has 0 atom stereocenters. The van der Waals surface area contributed by atoms with Crippen LogP contribution in [0.25, 0.3) is 11.1 Å². The van der Waals surface area contributed by atoms with E-state index < -0.39 is 0 Å². The molecule has 1 saturated carbocycles. The smallest absolute Gasteiger partial charge is 0.245 e. The first-order valence-electron chi connectivity index (χ1n) is 14.8. The molecule has 3 aromatic carbocycles. The van der Waals surface area contributed by atoms with Gasteiger partial charge in [-0.2, -0.15) is 0 Å². The molecule has 0 unspecified atom stereocenters. The minimum atomic E-state index is -0.0938. The molecular weight excluding hydrogens is 478 g/mol. The topological polar surface area (TPSA) is 29.5 Å². The van der Waals surface area contributed by atoms with E-state index in [2.05, 4.69) is 75.0 Å². The van der Waals surface area contributed by atoms with E-state index in [0.717, 1.165) is 5.75 Å². The number of carbonyl (C=O) groups excluding carboxylic acids is 1. The first-order chi connectivity index (χ1) is 19.0. The Morgan fingerprint density at radius 2 is 1.56 bits per heavy atom. The number of rotatable bonds is 12. The Morgan fingerprint density at radius 1 is 0.923 bits per heavy atom. The molecule has 0 spiro atoms. The van der Waals surface area contributed by atoms with Crippen LogP contribution in [0.5, 0.6) is 5.75 Å². The molecule has 0 aliphatic heterocycles. The van der Waals surface area contributed by atoms with Crippen molar-refractivity contribution in [2.45, 2.75) is 77.0 Å². The van der Waals surface area contributed by atoms with Gasteiger partial charge in [0.2, 0.25) is 5.91 Å². The Hall–Kier alpha value is -3.33. The minimum absolute atomic E-state index is 0.0938. The molecule has 0 N–H and O–H groups in total. The molecule has 1 fully saturated rings. The summed E-state index contributed by atoms with van der Waals surface area (Å²) in [4.78, 5) is 13.2. The van der Waals surface area contributed by atoms with E-state index >= 15 is 0 Å². The predicted octanol–water partition coefficient (Wildman–Crippen LogP) is 8.86. The van der Waals surface area contributed by atoms with E-state index in [1.54, 1.807) is 11.9 Å². The van der Waals surface area contributed by atoms with E-state index in [0.29, 0.717) is 25.0 Å². The zero-order valence-electron chi connectivity index (χ0n) is 24.1. The van der Waals surface area contributed by atoms with Crippen LogP contribution < -0.4 is 4.74 Å². The predicted molar refractivity (Wildman–Crippen MR) is 164 cm³/mol. The molecule has 39 heavy (non-hydrogen) atoms. The Balaban J connectivity index is 1.29. The molecule has 1 amide bonds. The van der Waals surface area contributed by atoms with Crippen LogP contribution in [0.3, 0.4) is 0 Å². The highest BCUT2D eigenvalue weighted by Crippen LogP contribution is 2.41. The number of hydrogen-bond acceptors (Lipinski definition) is 2. The number of ether oxygens (including phenoxy) is 1. The second-order valence-electron chi connectivity index (χ2n) is 11.2. The van der Waals surface area contributed by atoms with Crippen molar-refractivity contribution in [3.05, 3.63) is 102 Å². The summed E-state index contributed by atoms with van der Waals surface area (Å²) < 4.78 is 5.83. The van der Waals surface area contributed by atoms with E-state index in [4.69, 9.17) is 4.74 Å². The van der Waals surface area contributed by atoms with E-state index in [1.807, 2.05) is 12.1 Å². The fourth-order valence-corrected chi connectivity index (χ4v) is 5.86. The van der Waals surface area contributed by atoms with Gasteiger partial charge in [0.1, 0.15) is 12.4 Å². The lowest BCUT2D eigenvalue weighted by Gasteiger charge is -2.29. The second-order valence-corrected chi connectivity index (χ2v) is 11.2. The summed E-state index contributed by atoms with van der Waals surface area (Å²) in [6.07, 6.45) is 11.5. The highest BCUT2D eigenvalue weighted by molar-refractivity contribution is 5.86. The third-order valence-electron chi connectivity index (χ3n) is 8.38. The highest BCUT2D eigenvalue weighted by atomic mass is 16.5. The first-order valence-corrected chi connectivity index (χ1v) is 14.8. The number of hydrogen-bond donors (Lipinski definition) is 0. The monoisotopic (exact) mass is 523 g/mol. The van der Waals surface area contributed by atoms with Gasteiger partial charge in [-0.25, -0.2) is 0 Å². The maximum absolute atomic E-state index is 11.6. The van der Waals surface area contributed by atoms with Gasteiger partial charge in [0.25, 0.3) is 0 Å². The van der Waals surface area contributed by atoms with Crippen LogP contribution >= 0.6 is 0 Å². The zero-order chi connectivity index (χ0) is 27.6. The molecule has 4 rings (SSSR count). The SMILES string of the molecule is C=CC(=O)N(C)CCOc1ccc(-c2ccc(C3CCC(c4ccc(CCCCC)cc4)CC3)cc2C)cc1. The maximum Gasteiger partial charge on any atom is 0.245 e. The maximum atomic E-state index is 11.6. The van der Waals surface area contributed by atoms with Crippen molar-refractivity contribution in [2.75, 3.05) is 20.2 Å². The normalized spacial score (nSPS) is 17.0. The van der Waals surface area contributed by atoms with Gasteiger partial charge in [-0.15, -0.1) is 0 Å². The van der Waals surface area contributed by atoms with Crippen LogP contribution in [0.2, 0.25) is 0 Å². The molecule has 0 aromatic heterocycles. The number of aryl methyl sites for hydroxylation is 2. The summed E-state index contributed by atoms with van der Waals surface area (Å²) in [6.45, 7) is 8.99. The van der Waals surface area contributed by atoms with Gasteiger partial charge >= 0.3 is 0 Å². The lowest BCUT2D eigenvalue weighted by molar-refractivity contribution is -0.125. The molecule has 0 heterocycles. The van der Waals surface area contributed by atoms with Gasteiger partial charge in [0.05, 0.1) is 6.54 Å². The quantitative estimate of drug-likeness (QED) is 0.175. The highest BCUT2D eigenvalue weighted by Gasteiger charge is 2.24. The molecule has 0 saturated heterocycles.